The zero-order valence-electron chi connectivity index (χ0n) is 14.1. The molecule has 1 aliphatic heterocycles. The Morgan fingerprint density at radius 1 is 1.40 bits per heavy atom. The number of aromatic nitrogens is 4. The van der Waals surface area contributed by atoms with Crippen molar-refractivity contribution >= 4 is 32.4 Å². The first-order valence-electron chi connectivity index (χ1n) is 7.68. The molecule has 3 rings (SSSR count). The molecule has 1 saturated heterocycles. The maximum absolute atomic E-state index is 10.3. The molecule has 0 aliphatic carbocycles. The van der Waals surface area contributed by atoms with Crippen molar-refractivity contribution in [3.05, 3.63) is 6.33 Å². The minimum absolute atomic E-state index is 0.00715. The molecule has 0 aromatic carbocycles. The third-order valence-corrected chi connectivity index (χ3v) is 5.24. The molecule has 0 bridgehead atoms. The van der Waals surface area contributed by atoms with Gasteiger partial charge in [-0.2, -0.15) is 0 Å². The molecule has 2 aromatic rings. The van der Waals surface area contributed by atoms with Gasteiger partial charge in [0, 0.05) is 0 Å². The molecule has 4 N–H and O–H groups in total. The van der Waals surface area contributed by atoms with E-state index in [1.165, 1.54) is 25.6 Å². The van der Waals surface area contributed by atoms with Gasteiger partial charge in [0.25, 0.3) is 0 Å². The van der Waals surface area contributed by atoms with Gasteiger partial charge >= 0.3 is 144 Å². The van der Waals surface area contributed by atoms with Gasteiger partial charge in [0.2, 0.25) is 0 Å². The van der Waals surface area contributed by atoms with E-state index in [0.717, 1.165) is 0 Å². The summed E-state index contributed by atoms with van der Waals surface area (Å²) in [5, 5.41) is 10.3. The van der Waals surface area contributed by atoms with Gasteiger partial charge in [-0.1, -0.05) is 0 Å². The third-order valence-electron chi connectivity index (χ3n) is 3.84. The van der Waals surface area contributed by atoms with E-state index in [4.69, 9.17) is 24.3 Å². The molecule has 2 aromatic heterocycles. The summed E-state index contributed by atoms with van der Waals surface area (Å²) < 4.78 is 23.7. The van der Waals surface area contributed by atoms with Crippen molar-refractivity contribution in [1.82, 2.24) is 19.5 Å². The Hall–Kier alpha value is -1.56. The van der Waals surface area contributed by atoms with Crippen molar-refractivity contribution < 1.29 is 28.5 Å². The van der Waals surface area contributed by atoms with Gasteiger partial charge < -0.3 is 0 Å². The molecule has 25 heavy (non-hydrogen) atoms. The van der Waals surface area contributed by atoms with Crippen molar-refractivity contribution in [2.24, 2.45) is 0 Å². The quantitative estimate of drug-likeness (QED) is 0.448. The fourth-order valence-corrected chi connectivity index (χ4v) is 3.66. The molecule has 0 radical (unpaired) electrons. The Kier molecular flexibility index (Phi) is 5.10. The molecule has 3 atom stereocenters. The Morgan fingerprint density at radius 2 is 2.12 bits per heavy atom. The molecule has 0 amide bonds. The fourth-order valence-electron chi connectivity index (χ4n) is 2.56. The van der Waals surface area contributed by atoms with Crippen LogP contribution in [-0.2, 0) is 18.5 Å². The normalized spacial score (nSPS) is 28.8. The molecule has 13 heteroatoms. The molecule has 0 saturated carbocycles. The zero-order chi connectivity index (χ0) is 18.2. The Balaban J connectivity index is 2.06. The SMILES string of the molecule is B[PH]1(O)OC[C@H](OC)[C@H](n2c(O)nc3c(N)ncnc32)O[C@@H](C)CO1. The summed E-state index contributed by atoms with van der Waals surface area (Å²) in [6.07, 6.45) is -0.639. The zero-order valence-corrected chi connectivity index (χ0v) is 15.1. The van der Waals surface area contributed by atoms with Crippen molar-refractivity contribution in [2.45, 2.75) is 25.4 Å². The van der Waals surface area contributed by atoms with Crippen LogP contribution in [0, 0.1) is 0 Å². The average molecular weight is 373 g/mol. The predicted octanol–water partition coefficient (Wildman–Crippen LogP) is -0.885. The number of hydrogen-bond donors (Lipinski definition) is 3. The van der Waals surface area contributed by atoms with E-state index in [1.54, 1.807) is 6.92 Å². The first kappa shape index (κ1) is 18.2. The van der Waals surface area contributed by atoms with Crippen LogP contribution >= 0.6 is 7.82 Å². The van der Waals surface area contributed by atoms with E-state index in [9.17, 15) is 10.00 Å². The number of nitrogens with zero attached hydrogens (tertiary/aromatic N) is 4. The van der Waals surface area contributed by atoms with Gasteiger partial charge in [-0.05, 0) is 0 Å². The fraction of sp³-hybridized carbons (Fsp3) is 0.583. The average Bonchev–Trinajstić information content (AvgIpc) is 2.91. The Labute approximate surface area is 145 Å². The summed E-state index contributed by atoms with van der Waals surface area (Å²) in [7, 11) is -0.294. The van der Waals surface area contributed by atoms with Gasteiger partial charge in [0.15, 0.2) is 0 Å². The van der Waals surface area contributed by atoms with E-state index in [-0.39, 0.29) is 30.6 Å². The minimum atomic E-state index is -3.29. The summed E-state index contributed by atoms with van der Waals surface area (Å²) in [5.41, 5.74) is 6.35. The van der Waals surface area contributed by atoms with E-state index < -0.39 is 26.3 Å². The van der Waals surface area contributed by atoms with Crippen LogP contribution in [0.5, 0.6) is 6.01 Å². The second-order valence-electron chi connectivity index (χ2n) is 5.84. The second kappa shape index (κ2) is 6.98. The van der Waals surface area contributed by atoms with E-state index in [0.29, 0.717) is 5.65 Å². The van der Waals surface area contributed by atoms with Crippen LogP contribution in [0.25, 0.3) is 11.2 Å². The number of imidazole rings is 1. The van der Waals surface area contributed by atoms with Gasteiger partial charge in [0.05, 0.1) is 0 Å². The number of methoxy groups -OCH3 is 1. The van der Waals surface area contributed by atoms with Crippen LogP contribution in [0.4, 0.5) is 5.82 Å². The Morgan fingerprint density at radius 3 is 2.84 bits per heavy atom. The molecule has 1 aliphatic rings. The predicted molar refractivity (Wildman–Crippen MR) is 92.8 cm³/mol. The summed E-state index contributed by atoms with van der Waals surface area (Å²) in [4.78, 5) is 22.2. The number of ether oxygens (including phenoxy) is 2. The number of rotatable bonds is 2. The molecular formula is C12H21BN5O6P. The first-order valence-corrected chi connectivity index (χ1v) is 9.94. The van der Waals surface area contributed by atoms with Gasteiger partial charge in [-0.3, -0.25) is 0 Å². The van der Waals surface area contributed by atoms with Crippen molar-refractivity contribution in [1.29, 1.82) is 0 Å². The van der Waals surface area contributed by atoms with Crippen LogP contribution in [0.2, 0.25) is 0 Å². The number of nitrogens with two attached hydrogens (primary N) is 1. The number of hydrogen-bond acceptors (Lipinski definition) is 10. The summed E-state index contributed by atoms with van der Waals surface area (Å²) >= 11 is 0. The standard InChI is InChI=1S/C12H21BN5O6P/c1-6-3-22-25(13,20)23-4-7(21-2)11(24-6)18-10-8(17-12(18)19)9(14)15-5-16-10/h5-7,11,20,25H,3-4,13H2,1-2H3,(H,17,19)(H2,14,15,16)/t6-,7-,11+/m0/s1. The van der Waals surface area contributed by atoms with Crippen molar-refractivity contribution in [2.75, 3.05) is 26.1 Å². The second-order valence-corrected chi connectivity index (χ2v) is 8.22. The molecule has 11 nitrogen and oxygen atoms in total. The monoisotopic (exact) mass is 373 g/mol. The third kappa shape index (κ3) is 3.69. The molecule has 1 fully saturated rings. The van der Waals surface area contributed by atoms with E-state index in [2.05, 4.69) is 15.0 Å². The molecule has 138 valence electrons. The van der Waals surface area contributed by atoms with Crippen LogP contribution in [0.1, 0.15) is 13.2 Å². The first-order chi connectivity index (χ1) is 11.8. The summed E-state index contributed by atoms with van der Waals surface area (Å²) in [5.74, 6) is 0.138. The maximum atomic E-state index is 10.3. The van der Waals surface area contributed by atoms with Crippen LogP contribution in [0.15, 0.2) is 6.33 Å². The molecular weight excluding hydrogens is 352 g/mol. The van der Waals surface area contributed by atoms with Crippen LogP contribution in [-0.4, -0.2) is 69.6 Å². The molecule has 0 spiro atoms. The number of fused-ring (bicyclic) bond motifs is 1. The number of anilines is 1. The van der Waals surface area contributed by atoms with Gasteiger partial charge in [0.1, 0.15) is 0 Å². The van der Waals surface area contributed by atoms with Gasteiger partial charge in [-0.15, -0.1) is 0 Å². The van der Waals surface area contributed by atoms with E-state index in [1.807, 2.05) is 0 Å². The summed E-state index contributed by atoms with van der Waals surface area (Å²) in [6, 6.07) is -0.342. The van der Waals surface area contributed by atoms with Crippen molar-refractivity contribution in [3.63, 3.8) is 0 Å². The molecule has 3 heterocycles. The van der Waals surface area contributed by atoms with Crippen LogP contribution < -0.4 is 5.73 Å². The number of nitrogen functional groups attached to an aromatic ring is 1. The van der Waals surface area contributed by atoms with Gasteiger partial charge in [-0.25, -0.2) is 0 Å². The van der Waals surface area contributed by atoms with E-state index >= 15 is 0 Å². The Bertz CT molecular complexity index is 761. The topological polar surface area (TPSA) is 147 Å². The summed E-state index contributed by atoms with van der Waals surface area (Å²) in [6.45, 7) is 1.89. The van der Waals surface area contributed by atoms with Crippen molar-refractivity contribution in [3.8, 4) is 6.01 Å². The molecule has 0 unspecified atom stereocenters. The number of aromatic hydroxyl groups is 1. The van der Waals surface area contributed by atoms with Crippen LogP contribution in [0.3, 0.4) is 0 Å².